The molecule has 0 spiro atoms. The summed E-state index contributed by atoms with van der Waals surface area (Å²) in [6, 6.07) is 2.49. The SMILES string of the molecule is O=C1CC(S(=O)(=O)F)CN1c1ccc(F)cc1[N+](=O)[O-]. The number of hydrogen-bond donors (Lipinski definition) is 0. The van der Waals surface area contributed by atoms with Crippen molar-refractivity contribution < 1.29 is 26.4 Å². The van der Waals surface area contributed by atoms with Crippen molar-refractivity contribution in [1.82, 2.24) is 0 Å². The molecule has 0 aromatic heterocycles. The molecule has 1 aliphatic heterocycles. The lowest BCUT2D eigenvalue weighted by Crippen LogP contribution is -2.27. The van der Waals surface area contributed by atoms with E-state index in [1.165, 1.54) is 0 Å². The van der Waals surface area contributed by atoms with Crippen LogP contribution in [0.15, 0.2) is 18.2 Å². The Morgan fingerprint density at radius 3 is 2.55 bits per heavy atom. The van der Waals surface area contributed by atoms with E-state index in [1.807, 2.05) is 0 Å². The summed E-state index contributed by atoms with van der Waals surface area (Å²) in [5.41, 5.74) is -0.942. The predicted octanol–water partition coefficient (Wildman–Crippen LogP) is 1.14. The van der Waals surface area contributed by atoms with Gasteiger partial charge < -0.3 is 4.90 Å². The molecule has 0 saturated carbocycles. The molecule has 7 nitrogen and oxygen atoms in total. The van der Waals surface area contributed by atoms with Crippen LogP contribution in [0.5, 0.6) is 0 Å². The van der Waals surface area contributed by atoms with Crippen LogP contribution >= 0.6 is 0 Å². The summed E-state index contributed by atoms with van der Waals surface area (Å²) in [6.45, 7) is -0.538. The van der Waals surface area contributed by atoms with Gasteiger partial charge in [-0.15, -0.1) is 3.89 Å². The van der Waals surface area contributed by atoms with Crippen molar-refractivity contribution in [3.63, 3.8) is 0 Å². The van der Waals surface area contributed by atoms with E-state index in [2.05, 4.69) is 0 Å². The quantitative estimate of drug-likeness (QED) is 0.474. The van der Waals surface area contributed by atoms with Crippen LogP contribution in [0, 0.1) is 15.9 Å². The molecule has 1 heterocycles. The summed E-state index contributed by atoms with van der Waals surface area (Å²) in [5, 5.41) is 9.25. The highest BCUT2D eigenvalue weighted by atomic mass is 32.3. The van der Waals surface area contributed by atoms with E-state index < -0.39 is 50.8 Å². The Morgan fingerprint density at radius 1 is 1.40 bits per heavy atom. The van der Waals surface area contributed by atoms with Gasteiger partial charge >= 0.3 is 10.2 Å². The number of carbonyl (C=O) groups is 1. The first-order valence-electron chi connectivity index (χ1n) is 5.38. The predicted molar refractivity (Wildman–Crippen MR) is 63.8 cm³/mol. The molecular weight excluding hydrogens is 298 g/mol. The van der Waals surface area contributed by atoms with Crippen molar-refractivity contribution in [2.24, 2.45) is 0 Å². The second-order valence-electron chi connectivity index (χ2n) is 4.20. The van der Waals surface area contributed by atoms with Crippen LogP contribution in [-0.2, 0) is 15.0 Å². The largest absolute Gasteiger partial charge is 0.307 e. The van der Waals surface area contributed by atoms with E-state index in [0.717, 1.165) is 17.0 Å². The van der Waals surface area contributed by atoms with Crippen LogP contribution in [0.2, 0.25) is 0 Å². The van der Waals surface area contributed by atoms with Crippen LogP contribution in [0.1, 0.15) is 6.42 Å². The number of benzene rings is 1. The zero-order chi connectivity index (χ0) is 15.1. The van der Waals surface area contributed by atoms with Gasteiger partial charge in [-0.3, -0.25) is 14.9 Å². The smallest absolute Gasteiger partial charge is 0.305 e. The van der Waals surface area contributed by atoms with Crippen molar-refractivity contribution >= 4 is 27.5 Å². The molecule has 1 aromatic rings. The minimum absolute atomic E-state index is 0.257. The maximum absolute atomic E-state index is 13.0. The average molecular weight is 306 g/mol. The normalized spacial score (nSPS) is 19.4. The van der Waals surface area contributed by atoms with Crippen LogP contribution in [0.3, 0.4) is 0 Å². The fourth-order valence-electron chi connectivity index (χ4n) is 1.97. The van der Waals surface area contributed by atoms with Crippen molar-refractivity contribution in [2.75, 3.05) is 11.4 Å². The van der Waals surface area contributed by atoms with Crippen LogP contribution in [0.4, 0.5) is 19.7 Å². The van der Waals surface area contributed by atoms with Gasteiger partial charge in [0.2, 0.25) is 5.91 Å². The van der Waals surface area contributed by atoms with Crippen molar-refractivity contribution in [3.05, 3.63) is 34.1 Å². The summed E-state index contributed by atoms with van der Waals surface area (Å²) in [7, 11) is -4.92. The molecule has 2 rings (SSSR count). The first-order chi connectivity index (χ1) is 9.20. The molecule has 1 fully saturated rings. The molecule has 1 amide bonds. The molecule has 0 N–H and O–H groups in total. The number of carbonyl (C=O) groups excluding carboxylic acids is 1. The second kappa shape index (κ2) is 4.78. The van der Waals surface area contributed by atoms with E-state index in [4.69, 9.17) is 0 Å². The van der Waals surface area contributed by atoms with Crippen LogP contribution < -0.4 is 4.90 Å². The Labute approximate surface area is 112 Å². The van der Waals surface area contributed by atoms with E-state index in [1.54, 1.807) is 0 Å². The highest BCUT2D eigenvalue weighted by Gasteiger charge is 2.41. The maximum atomic E-state index is 13.0. The third-order valence-corrected chi connectivity index (χ3v) is 4.02. The molecular formula is C10H8F2N2O5S. The average Bonchev–Trinajstić information content (AvgIpc) is 2.71. The molecule has 0 aliphatic carbocycles. The maximum Gasteiger partial charge on any atom is 0.307 e. The summed E-state index contributed by atoms with van der Waals surface area (Å²) in [6.07, 6.45) is -0.604. The first-order valence-corrected chi connectivity index (χ1v) is 6.82. The molecule has 10 heteroatoms. The minimum atomic E-state index is -4.92. The van der Waals surface area contributed by atoms with Gasteiger partial charge in [-0.1, -0.05) is 0 Å². The van der Waals surface area contributed by atoms with E-state index in [9.17, 15) is 31.6 Å². The lowest BCUT2D eigenvalue weighted by Gasteiger charge is -2.15. The fraction of sp³-hybridized carbons (Fsp3) is 0.300. The highest BCUT2D eigenvalue weighted by molar-refractivity contribution is 7.87. The van der Waals surface area contributed by atoms with Gasteiger partial charge in [0.05, 0.1) is 11.0 Å². The number of nitrogens with zero attached hydrogens (tertiary/aromatic N) is 2. The van der Waals surface area contributed by atoms with Gasteiger partial charge in [0, 0.05) is 13.0 Å². The van der Waals surface area contributed by atoms with Gasteiger partial charge in [-0.05, 0) is 12.1 Å². The number of rotatable bonds is 3. The molecule has 1 atom stereocenters. The number of hydrogen-bond acceptors (Lipinski definition) is 5. The van der Waals surface area contributed by atoms with E-state index in [-0.39, 0.29) is 5.69 Å². The fourth-order valence-corrected chi connectivity index (χ4v) is 2.64. The third kappa shape index (κ3) is 2.59. The third-order valence-electron chi connectivity index (χ3n) is 2.91. The molecule has 1 aliphatic rings. The van der Waals surface area contributed by atoms with Crippen LogP contribution in [-0.4, -0.2) is 31.0 Å². The molecule has 1 saturated heterocycles. The van der Waals surface area contributed by atoms with Gasteiger partial charge in [-0.2, -0.15) is 8.42 Å². The molecule has 0 radical (unpaired) electrons. The number of nitro benzene ring substituents is 1. The van der Waals surface area contributed by atoms with Gasteiger partial charge in [0.25, 0.3) is 5.69 Å². The first kappa shape index (κ1) is 14.3. The van der Waals surface area contributed by atoms with E-state index in [0.29, 0.717) is 6.07 Å². The molecule has 108 valence electrons. The van der Waals surface area contributed by atoms with Crippen LogP contribution in [0.25, 0.3) is 0 Å². The number of halogens is 2. The lowest BCUT2D eigenvalue weighted by molar-refractivity contribution is -0.384. The Balaban J connectivity index is 2.43. The zero-order valence-electron chi connectivity index (χ0n) is 9.82. The minimum Gasteiger partial charge on any atom is -0.305 e. The summed E-state index contributed by atoms with van der Waals surface area (Å²) < 4.78 is 47.5. The summed E-state index contributed by atoms with van der Waals surface area (Å²) in [5.74, 6) is -1.65. The molecule has 0 bridgehead atoms. The van der Waals surface area contributed by atoms with Crippen molar-refractivity contribution in [2.45, 2.75) is 11.7 Å². The standard InChI is InChI=1S/C10H8F2N2O5S/c11-6-1-2-8(9(3-6)14(16)17)13-5-7(4-10(13)15)20(12,18)19/h1-3,7H,4-5H2. The van der Waals surface area contributed by atoms with E-state index >= 15 is 0 Å². The molecule has 1 aromatic carbocycles. The zero-order valence-corrected chi connectivity index (χ0v) is 10.6. The van der Waals surface area contributed by atoms with Gasteiger partial charge in [0.15, 0.2) is 0 Å². The van der Waals surface area contributed by atoms with Gasteiger partial charge in [-0.25, -0.2) is 4.39 Å². The summed E-state index contributed by atoms with van der Waals surface area (Å²) >= 11 is 0. The highest BCUT2D eigenvalue weighted by Crippen LogP contribution is 2.33. The second-order valence-corrected chi connectivity index (χ2v) is 5.81. The number of amides is 1. The summed E-state index contributed by atoms with van der Waals surface area (Å²) in [4.78, 5) is 22.4. The lowest BCUT2D eigenvalue weighted by atomic mass is 10.2. The molecule has 20 heavy (non-hydrogen) atoms. The topological polar surface area (TPSA) is 97.6 Å². The Hall–Kier alpha value is -2.10. The molecule has 1 unspecified atom stereocenters. The monoisotopic (exact) mass is 306 g/mol. The Morgan fingerprint density at radius 2 is 2.05 bits per heavy atom. The number of anilines is 1. The Bertz CT molecular complexity index is 691. The van der Waals surface area contributed by atoms with Gasteiger partial charge in [0.1, 0.15) is 16.8 Å². The number of nitro groups is 1. The van der Waals surface area contributed by atoms with Crippen molar-refractivity contribution in [1.29, 1.82) is 0 Å². The Kier molecular flexibility index (Phi) is 3.42. The van der Waals surface area contributed by atoms with Crippen molar-refractivity contribution in [3.8, 4) is 0 Å².